The van der Waals surface area contributed by atoms with Crippen molar-refractivity contribution >= 4 is 51.9 Å². The minimum Gasteiger partial charge on any atom is -0.351 e. The Morgan fingerprint density at radius 3 is 2.87 bits per heavy atom. The predicted octanol–water partition coefficient (Wildman–Crippen LogP) is 4.48. The van der Waals surface area contributed by atoms with Crippen LogP contribution in [0.2, 0.25) is 5.02 Å². The molecule has 118 valence electrons. The van der Waals surface area contributed by atoms with Gasteiger partial charge in [0.15, 0.2) is 0 Å². The van der Waals surface area contributed by atoms with Crippen LogP contribution in [-0.4, -0.2) is 18.2 Å². The zero-order chi connectivity index (χ0) is 16.7. The van der Waals surface area contributed by atoms with Crippen LogP contribution in [0.15, 0.2) is 42.5 Å². The number of hydrogen-bond donors (Lipinski definition) is 1. The number of thioether (sulfide) groups is 1. The average Bonchev–Trinajstić information content (AvgIpc) is 2.57. The summed E-state index contributed by atoms with van der Waals surface area (Å²) >= 11 is 9.73. The number of nitriles is 1. The fourth-order valence-corrected chi connectivity index (χ4v) is 3.56. The molecule has 0 saturated carbocycles. The zero-order valence-electron chi connectivity index (χ0n) is 12.2. The Kier molecular flexibility index (Phi) is 7.21. The molecule has 0 aliphatic carbocycles. The molecule has 0 unspecified atom stereocenters. The smallest absolute Gasteiger partial charge is 0.252 e. The molecule has 0 radical (unpaired) electrons. The number of hydrogen-bond acceptors (Lipinski definition) is 3. The minimum atomic E-state index is -0.116. The molecule has 2 rings (SSSR count). The molecule has 1 N–H and O–H groups in total. The van der Waals surface area contributed by atoms with E-state index >= 15 is 0 Å². The Hall–Kier alpha value is -1.23. The molecule has 0 heterocycles. The van der Waals surface area contributed by atoms with Crippen molar-refractivity contribution in [3.63, 3.8) is 0 Å². The Balaban J connectivity index is 1.78. The van der Waals surface area contributed by atoms with Crippen LogP contribution in [0.1, 0.15) is 21.5 Å². The Labute approximate surface area is 158 Å². The fourth-order valence-electron chi connectivity index (χ4n) is 1.94. The number of nitrogens with one attached hydrogen (secondary N) is 1. The van der Waals surface area contributed by atoms with Gasteiger partial charge < -0.3 is 5.32 Å². The Bertz CT molecular complexity index is 746. The number of benzene rings is 2. The van der Waals surface area contributed by atoms with Gasteiger partial charge in [-0.05, 0) is 52.4 Å². The molecule has 3 nitrogen and oxygen atoms in total. The highest BCUT2D eigenvalue weighted by Crippen LogP contribution is 2.18. The van der Waals surface area contributed by atoms with Gasteiger partial charge in [-0.2, -0.15) is 17.0 Å². The molecule has 6 heteroatoms. The van der Waals surface area contributed by atoms with Gasteiger partial charge in [-0.25, -0.2) is 0 Å². The van der Waals surface area contributed by atoms with Crippen molar-refractivity contribution < 1.29 is 4.79 Å². The zero-order valence-corrected chi connectivity index (χ0v) is 15.9. The van der Waals surface area contributed by atoms with Crippen LogP contribution in [0, 0.1) is 14.9 Å². The quantitative estimate of drug-likeness (QED) is 0.515. The molecular weight excluding hydrogens is 443 g/mol. The Morgan fingerprint density at radius 2 is 2.09 bits per heavy atom. The van der Waals surface area contributed by atoms with E-state index in [-0.39, 0.29) is 5.91 Å². The first-order valence-corrected chi connectivity index (χ1v) is 9.52. The van der Waals surface area contributed by atoms with Gasteiger partial charge in [-0.1, -0.05) is 29.8 Å². The summed E-state index contributed by atoms with van der Waals surface area (Å²) in [6.07, 6.45) is 0. The van der Waals surface area contributed by atoms with Crippen LogP contribution < -0.4 is 5.32 Å². The lowest BCUT2D eigenvalue weighted by Crippen LogP contribution is -2.26. The molecule has 0 aliphatic rings. The van der Waals surface area contributed by atoms with E-state index in [0.717, 1.165) is 20.6 Å². The van der Waals surface area contributed by atoms with Crippen molar-refractivity contribution in [3.05, 3.63) is 67.7 Å². The van der Waals surface area contributed by atoms with Crippen LogP contribution in [0.4, 0.5) is 0 Å². The SMILES string of the molecule is N#Cc1ccccc1CSCCNC(=O)c1cc(Cl)ccc1I. The van der Waals surface area contributed by atoms with Gasteiger partial charge >= 0.3 is 0 Å². The molecule has 0 aromatic heterocycles. The molecule has 1 amide bonds. The third kappa shape index (κ3) is 5.41. The largest absolute Gasteiger partial charge is 0.351 e. The monoisotopic (exact) mass is 456 g/mol. The predicted molar refractivity (Wildman–Crippen MR) is 104 cm³/mol. The fraction of sp³-hybridized carbons (Fsp3) is 0.176. The van der Waals surface area contributed by atoms with E-state index in [4.69, 9.17) is 16.9 Å². The molecule has 0 bridgehead atoms. The second-order valence-electron chi connectivity index (χ2n) is 4.70. The summed E-state index contributed by atoms with van der Waals surface area (Å²) in [5.41, 5.74) is 2.33. The van der Waals surface area contributed by atoms with Crippen LogP contribution in [-0.2, 0) is 5.75 Å². The summed E-state index contributed by atoms with van der Waals surface area (Å²) < 4.78 is 0.875. The summed E-state index contributed by atoms with van der Waals surface area (Å²) in [7, 11) is 0. The van der Waals surface area contributed by atoms with Crippen molar-refractivity contribution in [2.45, 2.75) is 5.75 Å². The van der Waals surface area contributed by atoms with Gasteiger partial charge in [-0.15, -0.1) is 0 Å². The van der Waals surface area contributed by atoms with E-state index in [0.29, 0.717) is 22.7 Å². The van der Waals surface area contributed by atoms with Crippen molar-refractivity contribution in [2.75, 3.05) is 12.3 Å². The van der Waals surface area contributed by atoms with Crippen LogP contribution in [0.3, 0.4) is 0 Å². The lowest BCUT2D eigenvalue weighted by molar-refractivity contribution is 0.0955. The third-order valence-corrected chi connectivity index (χ3v) is 5.28. The van der Waals surface area contributed by atoms with Crippen LogP contribution in [0.25, 0.3) is 0 Å². The lowest BCUT2D eigenvalue weighted by Gasteiger charge is -2.08. The highest BCUT2D eigenvalue weighted by atomic mass is 127. The van der Waals surface area contributed by atoms with Crippen LogP contribution in [0.5, 0.6) is 0 Å². The summed E-state index contributed by atoms with van der Waals surface area (Å²) in [5.74, 6) is 1.42. The molecular formula is C17H14ClIN2OS. The van der Waals surface area contributed by atoms with E-state index < -0.39 is 0 Å². The van der Waals surface area contributed by atoms with E-state index in [9.17, 15) is 4.79 Å². The molecule has 2 aromatic rings. The summed E-state index contributed by atoms with van der Waals surface area (Å²) in [6, 6.07) is 15.0. The van der Waals surface area contributed by atoms with Crippen molar-refractivity contribution in [1.29, 1.82) is 5.26 Å². The van der Waals surface area contributed by atoms with E-state index in [1.807, 2.05) is 30.3 Å². The molecule has 23 heavy (non-hydrogen) atoms. The number of carbonyl (C=O) groups excluding carboxylic acids is 1. The van der Waals surface area contributed by atoms with Gasteiger partial charge in [0.05, 0.1) is 17.2 Å². The normalized spacial score (nSPS) is 10.1. The van der Waals surface area contributed by atoms with E-state index in [2.05, 4.69) is 34.0 Å². The van der Waals surface area contributed by atoms with Crippen molar-refractivity contribution in [3.8, 4) is 6.07 Å². The highest BCUT2D eigenvalue weighted by Gasteiger charge is 2.10. The highest BCUT2D eigenvalue weighted by molar-refractivity contribution is 14.1. The maximum Gasteiger partial charge on any atom is 0.252 e. The first kappa shape index (κ1) is 18.1. The molecule has 0 aliphatic heterocycles. The number of halogens is 2. The van der Waals surface area contributed by atoms with Gasteiger partial charge in [0.1, 0.15) is 0 Å². The van der Waals surface area contributed by atoms with Crippen molar-refractivity contribution in [2.24, 2.45) is 0 Å². The number of amides is 1. The van der Waals surface area contributed by atoms with E-state index in [1.54, 1.807) is 23.9 Å². The molecule has 0 fully saturated rings. The summed E-state index contributed by atoms with van der Waals surface area (Å²) in [4.78, 5) is 12.1. The molecule has 2 aromatic carbocycles. The van der Waals surface area contributed by atoms with E-state index in [1.165, 1.54) is 0 Å². The Morgan fingerprint density at radius 1 is 1.30 bits per heavy atom. The first-order valence-electron chi connectivity index (χ1n) is 6.91. The van der Waals surface area contributed by atoms with Gasteiger partial charge in [-0.3, -0.25) is 4.79 Å². The van der Waals surface area contributed by atoms with Gasteiger partial charge in [0.25, 0.3) is 5.91 Å². The third-order valence-electron chi connectivity index (χ3n) is 3.10. The molecule has 0 spiro atoms. The second kappa shape index (κ2) is 9.16. The van der Waals surface area contributed by atoms with Crippen LogP contribution >= 0.6 is 46.0 Å². The first-order chi connectivity index (χ1) is 11.1. The van der Waals surface area contributed by atoms with Gasteiger partial charge in [0, 0.05) is 26.6 Å². The molecule has 0 saturated heterocycles. The minimum absolute atomic E-state index is 0.116. The number of carbonyl (C=O) groups is 1. The summed E-state index contributed by atoms with van der Waals surface area (Å²) in [6.45, 7) is 0.570. The number of rotatable bonds is 6. The van der Waals surface area contributed by atoms with Crippen molar-refractivity contribution in [1.82, 2.24) is 5.32 Å². The summed E-state index contributed by atoms with van der Waals surface area (Å²) in [5, 5.41) is 12.5. The maximum absolute atomic E-state index is 12.1. The molecule has 0 atom stereocenters. The average molecular weight is 457 g/mol. The standard InChI is InChI=1S/C17H14ClIN2OS/c18-14-5-6-16(19)15(9-14)17(22)21-7-8-23-11-13-4-2-1-3-12(13)10-20/h1-6,9H,7-8,11H2,(H,21,22). The topological polar surface area (TPSA) is 52.9 Å². The maximum atomic E-state index is 12.1. The number of nitrogens with zero attached hydrogens (tertiary/aromatic N) is 1. The second-order valence-corrected chi connectivity index (χ2v) is 7.41. The van der Waals surface area contributed by atoms with Gasteiger partial charge in [0.2, 0.25) is 0 Å². The lowest BCUT2D eigenvalue weighted by atomic mass is 10.1.